The summed E-state index contributed by atoms with van der Waals surface area (Å²) in [6.45, 7) is 7.93. The molecule has 0 amide bonds. The summed E-state index contributed by atoms with van der Waals surface area (Å²) in [6.07, 6.45) is 7.32. The van der Waals surface area contributed by atoms with Crippen molar-refractivity contribution < 1.29 is 9.47 Å². The Hall–Kier alpha value is -1.02. The van der Waals surface area contributed by atoms with E-state index in [0.29, 0.717) is 11.3 Å². The summed E-state index contributed by atoms with van der Waals surface area (Å²) >= 11 is 0. The molecule has 1 saturated carbocycles. The molecule has 2 heteroatoms. The van der Waals surface area contributed by atoms with E-state index in [1.807, 2.05) is 0 Å². The van der Waals surface area contributed by atoms with E-state index in [0.717, 1.165) is 31.1 Å². The first-order valence-electron chi connectivity index (χ1n) is 8.95. The third-order valence-corrected chi connectivity index (χ3v) is 5.25. The van der Waals surface area contributed by atoms with Crippen molar-refractivity contribution >= 4 is 0 Å². The lowest BCUT2D eigenvalue weighted by atomic mass is 9.79. The van der Waals surface area contributed by atoms with Crippen LogP contribution < -0.4 is 4.74 Å². The van der Waals surface area contributed by atoms with Crippen molar-refractivity contribution in [2.75, 3.05) is 6.61 Å². The molecule has 1 heterocycles. The van der Waals surface area contributed by atoms with Crippen molar-refractivity contribution in [1.29, 1.82) is 0 Å². The molecule has 0 radical (unpaired) electrons. The van der Waals surface area contributed by atoms with E-state index in [1.54, 1.807) is 0 Å². The van der Waals surface area contributed by atoms with E-state index in [9.17, 15) is 0 Å². The average Bonchev–Trinajstić information content (AvgIpc) is 3.25. The van der Waals surface area contributed by atoms with Crippen molar-refractivity contribution in [3.63, 3.8) is 0 Å². The molecule has 1 aromatic rings. The van der Waals surface area contributed by atoms with Crippen LogP contribution in [-0.4, -0.2) is 12.9 Å². The normalized spacial score (nSPS) is 25.0. The minimum absolute atomic E-state index is 0.0518. The highest BCUT2D eigenvalue weighted by molar-refractivity contribution is 5.33. The lowest BCUT2D eigenvalue weighted by molar-refractivity contribution is -0.105. The Morgan fingerprint density at radius 2 is 2.09 bits per heavy atom. The lowest BCUT2D eigenvalue weighted by Crippen LogP contribution is -2.25. The Balaban J connectivity index is 1.73. The molecule has 2 fully saturated rings. The highest BCUT2D eigenvalue weighted by Gasteiger charge is 2.45. The zero-order valence-corrected chi connectivity index (χ0v) is 14.3. The third kappa shape index (κ3) is 3.84. The van der Waals surface area contributed by atoms with Gasteiger partial charge in [0.1, 0.15) is 5.75 Å². The summed E-state index contributed by atoms with van der Waals surface area (Å²) in [6, 6.07) is 8.76. The molecule has 22 heavy (non-hydrogen) atoms. The number of benzene rings is 1. The Bertz CT molecular complexity index is 484. The van der Waals surface area contributed by atoms with E-state index >= 15 is 0 Å². The minimum Gasteiger partial charge on any atom is -0.465 e. The van der Waals surface area contributed by atoms with Gasteiger partial charge in [-0.05, 0) is 67.1 Å². The first-order chi connectivity index (χ1) is 10.6. The lowest BCUT2D eigenvalue weighted by Gasteiger charge is -2.27. The van der Waals surface area contributed by atoms with Gasteiger partial charge in [-0.2, -0.15) is 0 Å². The number of hydrogen-bond donors (Lipinski definition) is 0. The maximum atomic E-state index is 6.06. The summed E-state index contributed by atoms with van der Waals surface area (Å²) in [5.74, 6) is 2.36. The van der Waals surface area contributed by atoms with Crippen LogP contribution in [0.15, 0.2) is 24.3 Å². The van der Waals surface area contributed by atoms with E-state index in [2.05, 4.69) is 45.0 Å². The van der Waals surface area contributed by atoms with Crippen molar-refractivity contribution in [3.8, 4) is 5.75 Å². The molecule has 0 N–H and O–H groups in total. The SMILES string of the molecule is CC(C)CC(c1cccc(OC2CCCCO2)c1)C1(C)CC1. The molecule has 2 nitrogen and oxygen atoms in total. The molecule has 1 aliphatic carbocycles. The second-order valence-electron chi connectivity index (χ2n) is 7.82. The third-order valence-electron chi connectivity index (χ3n) is 5.25. The zero-order chi connectivity index (χ0) is 15.6. The molecule has 2 unspecified atom stereocenters. The molecule has 0 spiro atoms. The van der Waals surface area contributed by atoms with Gasteiger partial charge in [0, 0.05) is 6.42 Å². The summed E-state index contributed by atoms with van der Waals surface area (Å²) < 4.78 is 11.8. The second-order valence-corrected chi connectivity index (χ2v) is 7.82. The Morgan fingerprint density at radius 3 is 2.73 bits per heavy atom. The summed E-state index contributed by atoms with van der Waals surface area (Å²) in [7, 11) is 0. The van der Waals surface area contributed by atoms with Crippen LogP contribution >= 0.6 is 0 Å². The van der Waals surface area contributed by atoms with Gasteiger partial charge in [-0.1, -0.05) is 32.9 Å². The molecule has 0 bridgehead atoms. The van der Waals surface area contributed by atoms with Gasteiger partial charge in [-0.25, -0.2) is 0 Å². The minimum atomic E-state index is -0.0518. The molecular weight excluding hydrogens is 272 g/mol. The van der Waals surface area contributed by atoms with Gasteiger partial charge >= 0.3 is 0 Å². The molecule has 122 valence electrons. The number of ether oxygens (including phenoxy) is 2. The molecule has 1 aliphatic heterocycles. The van der Waals surface area contributed by atoms with Crippen molar-refractivity contribution in [2.45, 2.75) is 71.5 Å². The molecular formula is C20H30O2. The van der Waals surface area contributed by atoms with Gasteiger partial charge in [0.15, 0.2) is 6.29 Å². The number of rotatable bonds is 6. The highest BCUT2D eigenvalue weighted by atomic mass is 16.7. The van der Waals surface area contributed by atoms with E-state index in [1.165, 1.54) is 31.2 Å². The molecule has 1 aromatic carbocycles. The van der Waals surface area contributed by atoms with Crippen LogP contribution in [0, 0.1) is 11.3 Å². The first kappa shape index (κ1) is 15.9. The summed E-state index contributed by atoms with van der Waals surface area (Å²) in [5, 5.41) is 0. The van der Waals surface area contributed by atoms with Crippen molar-refractivity contribution in [3.05, 3.63) is 29.8 Å². The smallest absolute Gasteiger partial charge is 0.199 e. The zero-order valence-electron chi connectivity index (χ0n) is 14.3. The Morgan fingerprint density at radius 1 is 1.27 bits per heavy atom. The van der Waals surface area contributed by atoms with Crippen LogP contribution in [0.25, 0.3) is 0 Å². The van der Waals surface area contributed by atoms with E-state index in [-0.39, 0.29) is 6.29 Å². The fraction of sp³-hybridized carbons (Fsp3) is 0.700. The van der Waals surface area contributed by atoms with Crippen LogP contribution in [0.1, 0.15) is 70.8 Å². The summed E-state index contributed by atoms with van der Waals surface area (Å²) in [4.78, 5) is 0. The summed E-state index contributed by atoms with van der Waals surface area (Å²) in [5.41, 5.74) is 1.95. The van der Waals surface area contributed by atoms with Gasteiger partial charge in [0.2, 0.25) is 0 Å². The van der Waals surface area contributed by atoms with Crippen molar-refractivity contribution in [2.24, 2.45) is 11.3 Å². The molecule has 2 atom stereocenters. The number of hydrogen-bond acceptors (Lipinski definition) is 2. The maximum absolute atomic E-state index is 6.06. The molecule has 0 aromatic heterocycles. The van der Waals surface area contributed by atoms with Crippen LogP contribution in [-0.2, 0) is 4.74 Å². The van der Waals surface area contributed by atoms with E-state index < -0.39 is 0 Å². The molecule has 2 aliphatic rings. The second kappa shape index (κ2) is 6.62. The van der Waals surface area contributed by atoms with Gasteiger partial charge < -0.3 is 9.47 Å². The largest absolute Gasteiger partial charge is 0.465 e. The van der Waals surface area contributed by atoms with Gasteiger partial charge in [0.05, 0.1) is 6.61 Å². The topological polar surface area (TPSA) is 18.5 Å². The van der Waals surface area contributed by atoms with E-state index in [4.69, 9.17) is 9.47 Å². The first-order valence-corrected chi connectivity index (χ1v) is 8.95. The fourth-order valence-corrected chi connectivity index (χ4v) is 3.60. The van der Waals surface area contributed by atoms with Crippen LogP contribution in [0.4, 0.5) is 0 Å². The monoisotopic (exact) mass is 302 g/mol. The Labute approximate surface area is 135 Å². The Kier molecular flexibility index (Phi) is 4.77. The molecule has 1 saturated heterocycles. The molecule has 3 rings (SSSR count). The highest BCUT2D eigenvalue weighted by Crippen LogP contribution is 2.57. The maximum Gasteiger partial charge on any atom is 0.199 e. The van der Waals surface area contributed by atoms with Gasteiger partial charge in [-0.3, -0.25) is 0 Å². The fourth-order valence-electron chi connectivity index (χ4n) is 3.60. The van der Waals surface area contributed by atoms with Crippen LogP contribution in [0.5, 0.6) is 5.75 Å². The van der Waals surface area contributed by atoms with Gasteiger partial charge in [0.25, 0.3) is 0 Å². The predicted octanol–water partition coefficient (Wildman–Crippen LogP) is 5.52. The van der Waals surface area contributed by atoms with Crippen LogP contribution in [0.2, 0.25) is 0 Å². The van der Waals surface area contributed by atoms with Crippen molar-refractivity contribution in [1.82, 2.24) is 0 Å². The van der Waals surface area contributed by atoms with Gasteiger partial charge in [-0.15, -0.1) is 0 Å². The van der Waals surface area contributed by atoms with Crippen LogP contribution in [0.3, 0.4) is 0 Å². The quantitative estimate of drug-likeness (QED) is 0.688. The standard InChI is InChI=1S/C20H30O2/c1-15(2)13-18(20(3)10-11-20)16-7-6-8-17(14-16)22-19-9-4-5-12-21-19/h6-8,14-15,18-19H,4-5,9-13H2,1-3H3. The average molecular weight is 302 g/mol. The predicted molar refractivity (Wildman–Crippen MR) is 90.2 cm³/mol.